The van der Waals surface area contributed by atoms with Crippen molar-refractivity contribution >= 4 is 23.3 Å². The summed E-state index contributed by atoms with van der Waals surface area (Å²) in [7, 11) is 0. The highest BCUT2D eigenvalue weighted by Gasteiger charge is 2.26. The minimum Gasteiger partial charge on any atom is -0.422 e. The molecule has 0 saturated carbocycles. The van der Waals surface area contributed by atoms with Gasteiger partial charge in [-0.05, 0) is 13.8 Å². The number of hydrogen-bond donors (Lipinski definition) is 0. The maximum atomic E-state index is 12.4. The van der Waals surface area contributed by atoms with E-state index in [4.69, 9.17) is 9.26 Å². The first-order valence-corrected chi connectivity index (χ1v) is 7.03. The second-order valence-electron chi connectivity index (χ2n) is 5.17. The lowest BCUT2D eigenvalue weighted by molar-refractivity contribution is -0.136. The lowest BCUT2D eigenvalue weighted by Crippen LogP contribution is -2.20. The number of rotatable bonds is 2. The fraction of sp³-hybridized carbons (Fsp3) is 0.176. The molecule has 23 heavy (non-hydrogen) atoms. The predicted molar refractivity (Wildman–Crippen MR) is 82.8 cm³/mol. The topological polar surface area (TPSA) is 81.8 Å². The van der Waals surface area contributed by atoms with E-state index < -0.39 is 5.97 Å². The number of ketones is 1. The summed E-state index contributed by atoms with van der Waals surface area (Å²) in [5.41, 5.74) is 3.12. The van der Waals surface area contributed by atoms with Gasteiger partial charge in [-0.1, -0.05) is 29.4 Å². The molecule has 0 amide bonds. The van der Waals surface area contributed by atoms with Crippen LogP contribution in [0.25, 0.3) is 0 Å². The molecule has 0 fully saturated rings. The predicted octanol–water partition coefficient (Wildman–Crippen LogP) is 3.06. The highest BCUT2D eigenvalue weighted by Crippen LogP contribution is 2.27. The molecule has 0 spiro atoms. The monoisotopic (exact) mass is 310 g/mol. The molecule has 0 radical (unpaired) electrons. The summed E-state index contributed by atoms with van der Waals surface area (Å²) in [4.78, 5) is 28.0. The Morgan fingerprint density at radius 1 is 1.22 bits per heavy atom. The number of carbonyl (C=O) groups excluding carboxylic acids is 2. The summed E-state index contributed by atoms with van der Waals surface area (Å²) in [6, 6.07) is 7.01. The minimum absolute atomic E-state index is 0.0520. The molecule has 0 N–H and O–H groups in total. The van der Waals surface area contributed by atoms with E-state index in [0.29, 0.717) is 22.7 Å². The van der Waals surface area contributed by atoms with Crippen molar-refractivity contribution in [2.75, 3.05) is 0 Å². The van der Waals surface area contributed by atoms with E-state index in [-0.39, 0.29) is 11.5 Å². The number of benzene rings is 1. The van der Waals surface area contributed by atoms with Gasteiger partial charge in [-0.2, -0.15) is 0 Å². The quantitative estimate of drug-likeness (QED) is 0.796. The van der Waals surface area contributed by atoms with Gasteiger partial charge in [0.25, 0.3) is 5.88 Å². The van der Waals surface area contributed by atoms with E-state index in [0.717, 1.165) is 11.3 Å². The maximum absolute atomic E-state index is 12.4. The number of esters is 1. The van der Waals surface area contributed by atoms with Gasteiger partial charge in [0.1, 0.15) is 0 Å². The number of nitrogens with zero attached hydrogens (tertiary/aromatic N) is 2. The number of aromatic nitrogens is 1. The number of Topliss-reactive ketones (excluding diaryl/α,β-unsaturated/α-hetero) is 1. The molecule has 0 aliphatic heterocycles. The van der Waals surface area contributed by atoms with Crippen molar-refractivity contribution in [3.8, 4) is 0 Å². The van der Waals surface area contributed by atoms with E-state index in [1.54, 1.807) is 18.2 Å². The lowest BCUT2D eigenvalue weighted by Gasteiger charge is -2.16. The molecule has 3 rings (SSSR count). The number of aliphatic imine (C=N–C) groups is 1. The Bertz CT molecular complexity index is 874. The number of fused-ring (bicyclic) bond motifs is 1. The van der Waals surface area contributed by atoms with Crippen molar-refractivity contribution in [2.24, 2.45) is 4.99 Å². The first-order valence-electron chi connectivity index (χ1n) is 7.03. The normalized spacial score (nSPS) is 15.3. The third-order valence-electron chi connectivity index (χ3n) is 3.55. The van der Waals surface area contributed by atoms with Crippen LogP contribution in [0.15, 0.2) is 45.6 Å². The third kappa shape index (κ3) is 2.70. The van der Waals surface area contributed by atoms with Crippen LogP contribution in [-0.2, 0) is 9.53 Å². The maximum Gasteiger partial charge on any atom is 0.308 e. The molecule has 1 aromatic carbocycles. The van der Waals surface area contributed by atoms with Crippen LogP contribution in [0.1, 0.15) is 34.1 Å². The molecule has 2 aromatic rings. The van der Waals surface area contributed by atoms with Crippen LogP contribution >= 0.6 is 0 Å². The first-order chi connectivity index (χ1) is 11.0. The summed E-state index contributed by atoms with van der Waals surface area (Å²) < 4.78 is 10.2. The number of allylic oxidation sites excluding steroid dienone is 2. The molecule has 0 atom stereocenters. The van der Waals surface area contributed by atoms with Crippen molar-refractivity contribution in [1.82, 2.24) is 5.16 Å². The average molecular weight is 310 g/mol. The Labute approximate surface area is 132 Å². The molecule has 1 aromatic heterocycles. The second-order valence-corrected chi connectivity index (χ2v) is 5.17. The molecule has 0 saturated heterocycles. The summed E-state index contributed by atoms with van der Waals surface area (Å²) in [6.07, 6.45) is 1.45. The Hall–Kier alpha value is -3.02. The minimum atomic E-state index is -0.560. The van der Waals surface area contributed by atoms with Crippen LogP contribution in [-0.4, -0.2) is 22.6 Å². The van der Waals surface area contributed by atoms with Crippen LogP contribution in [0.2, 0.25) is 0 Å². The van der Waals surface area contributed by atoms with Crippen molar-refractivity contribution in [3.63, 3.8) is 0 Å². The van der Waals surface area contributed by atoms with Gasteiger partial charge in [-0.15, -0.1) is 0 Å². The largest absolute Gasteiger partial charge is 0.422 e. The molecule has 0 unspecified atom stereocenters. The first kappa shape index (κ1) is 14.9. The van der Waals surface area contributed by atoms with E-state index in [2.05, 4.69) is 10.1 Å². The molecule has 1 aliphatic carbocycles. The van der Waals surface area contributed by atoms with Crippen LogP contribution < -0.4 is 0 Å². The standard InChI is InChI=1S/C17H14N2O4/c1-9-10(2)19-23-17(9)18-14-8-15(22-11(3)20)16(21)13-7-5-4-6-12(13)14/h4-8H,1-3H3/b18-14-. The van der Waals surface area contributed by atoms with Gasteiger partial charge >= 0.3 is 5.97 Å². The van der Waals surface area contributed by atoms with E-state index >= 15 is 0 Å². The molecule has 1 aliphatic rings. The zero-order chi connectivity index (χ0) is 16.6. The number of carbonyl (C=O) groups is 2. The van der Waals surface area contributed by atoms with Crippen molar-refractivity contribution < 1.29 is 18.8 Å². The van der Waals surface area contributed by atoms with Crippen LogP contribution in [0.4, 0.5) is 5.88 Å². The van der Waals surface area contributed by atoms with Gasteiger partial charge in [0, 0.05) is 29.7 Å². The van der Waals surface area contributed by atoms with Crippen molar-refractivity contribution in [2.45, 2.75) is 20.8 Å². The smallest absolute Gasteiger partial charge is 0.308 e. The highest BCUT2D eigenvalue weighted by molar-refractivity contribution is 6.26. The van der Waals surface area contributed by atoms with E-state index in [1.165, 1.54) is 13.0 Å². The number of aryl methyl sites for hydroxylation is 1. The Morgan fingerprint density at radius 2 is 1.91 bits per heavy atom. The van der Waals surface area contributed by atoms with Gasteiger partial charge in [-0.25, -0.2) is 4.99 Å². The highest BCUT2D eigenvalue weighted by atomic mass is 16.5. The summed E-state index contributed by atoms with van der Waals surface area (Å²) in [5, 5.41) is 3.86. The summed E-state index contributed by atoms with van der Waals surface area (Å²) >= 11 is 0. The third-order valence-corrected chi connectivity index (χ3v) is 3.55. The zero-order valence-corrected chi connectivity index (χ0v) is 12.9. The Balaban J connectivity index is 2.16. The van der Waals surface area contributed by atoms with Gasteiger partial charge in [0.05, 0.1) is 11.4 Å². The number of ether oxygens (including phenoxy) is 1. The van der Waals surface area contributed by atoms with Crippen molar-refractivity contribution in [3.05, 3.63) is 58.5 Å². The molecular formula is C17H14N2O4. The van der Waals surface area contributed by atoms with E-state index in [1.807, 2.05) is 19.9 Å². The molecule has 116 valence electrons. The fourth-order valence-corrected chi connectivity index (χ4v) is 2.24. The second kappa shape index (κ2) is 5.64. The summed E-state index contributed by atoms with van der Waals surface area (Å²) in [6.45, 7) is 4.91. The van der Waals surface area contributed by atoms with Gasteiger partial charge < -0.3 is 9.26 Å². The molecule has 1 heterocycles. The number of hydrogen-bond acceptors (Lipinski definition) is 6. The van der Waals surface area contributed by atoms with Gasteiger partial charge in [0.15, 0.2) is 5.76 Å². The van der Waals surface area contributed by atoms with Crippen LogP contribution in [0.5, 0.6) is 0 Å². The van der Waals surface area contributed by atoms with Crippen molar-refractivity contribution in [1.29, 1.82) is 0 Å². The molecule has 0 bridgehead atoms. The fourth-order valence-electron chi connectivity index (χ4n) is 2.24. The lowest BCUT2D eigenvalue weighted by atomic mass is 9.93. The zero-order valence-electron chi connectivity index (χ0n) is 12.9. The molecule has 6 heteroatoms. The average Bonchev–Trinajstić information content (AvgIpc) is 2.83. The Kier molecular flexibility index (Phi) is 3.65. The summed E-state index contributed by atoms with van der Waals surface area (Å²) in [5.74, 6) is -0.598. The molecule has 6 nitrogen and oxygen atoms in total. The van der Waals surface area contributed by atoms with Crippen LogP contribution in [0, 0.1) is 13.8 Å². The Morgan fingerprint density at radius 3 is 2.52 bits per heavy atom. The van der Waals surface area contributed by atoms with Gasteiger partial charge in [0.2, 0.25) is 5.78 Å². The molecular weight excluding hydrogens is 296 g/mol. The van der Waals surface area contributed by atoms with E-state index in [9.17, 15) is 9.59 Å². The van der Waals surface area contributed by atoms with Crippen LogP contribution in [0.3, 0.4) is 0 Å². The SMILES string of the molecule is CC(=O)OC1=C/C(=N/c2onc(C)c2C)c2ccccc2C1=O. The van der Waals surface area contributed by atoms with Gasteiger partial charge in [-0.3, -0.25) is 9.59 Å².